The number of ether oxygens (including phenoxy) is 1. The van der Waals surface area contributed by atoms with E-state index < -0.39 is 0 Å². The third-order valence-corrected chi connectivity index (χ3v) is 3.73. The van der Waals surface area contributed by atoms with E-state index in [0.717, 1.165) is 19.4 Å². The van der Waals surface area contributed by atoms with Gasteiger partial charge < -0.3 is 10.1 Å². The number of piperidine rings is 1. The van der Waals surface area contributed by atoms with E-state index in [1.54, 1.807) is 0 Å². The second-order valence-corrected chi connectivity index (χ2v) is 4.82. The van der Waals surface area contributed by atoms with E-state index in [0.29, 0.717) is 0 Å². The molecule has 0 aromatic carbocycles. The van der Waals surface area contributed by atoms with E-state index in [1.165, 1.54) is 20.0 Å². The molecule has 1 fully saturated rings. The quantitative estimate of drug-likeness (QED) is 0.761. The van der Waals surface area contributed by atoms with Crippen LogP contribution in [0.2, 0.25) is 0 Å². The standard InChI is InChI=1S/C14H21NO2/c1-17-14(16)13(11-7-3-2-4-8-11)12-9-5-6-10-15-12/h2-4,7,11-13,15H,5-6,8-10H2,1H3/t11?,12?,13-/m0/s1. The number of rotatable bonds is 3. The molecule has 1 heterocycles. The van der Waals surface area contributed by atoms with Crippen molar-refractivity contribution in [3.05, 3.63) is 24.3 Å². The first-order valence-electron chi connectivity index (χ1n) is 6.47. The molecular formula is C14H21NO2. The average Bonchev–Trinajstić information content (AvgIpc) is 2.41. The van der Waals surface area contributed by atoms with Crippen molar-refractivity contribution >= 4 is 5.97 Å². The fraction of sp³-hybridized carbons (Fsp3) is 0.643. The van der Waals surface area contributed by atoms with E-state index in [4.69, 9.17) is 4.74 Å². The van der Waals surface area contributed by atoms with Gasteiger partial charge in [-0.15, -0.1) is 0 Å². The number of hydrogen-bond donors (Lipinski definition) is 1. The van der Waals surface area contributed by atoms with Crippen LogP contribution in [0, 0.1) is 11.8 Å². The molecule has 0 amide bonds. The van der Waals surface area contributed by atoms with Gasteiger partial charge in [0.05, 0.1) is 13.0 Å². The van der Waals surface area contributed by atoms with Gasteiger partial charge in [-0.3, -0.25) is 4.79 Å². The van der Waals surface area contributed by atoms with Crippen molar-refractivity contribution in [1.82, 2.24) is 5.32 Å². The summed E-state index contributed by atoms with van der Waals surface area (Å²) >= 11 is 0. The minimum absolute atomic E-state index is 0.0403. The van der Waals surface area contributed by atoms with Crippen molar-refractivity contribution in [3.8, 4) is 0 Å². The van der Waals surface area contributed by atoms with Gasteiger partial charge in [0.1, 0.15) is 0 Å². The molecule has 1 aliphatic heterocycles. The van der Waals surface area contributed by atoms with Crippen molar-refractivity contribution in [2.45, 2.75) is 31.7 Å². The number of nitrogens with one attached hydrogen (secondary N) is 1. The highest BCUT2D eigenvalue weighted by atomic mass is 16.5. The lowest BCUT2D eigenvalue weighted by Gasteiger charge is -2.33. The van der Waals surface area contributed by atoms with Crippen LogP contribution in [0.15, 0.2) is 24.3 Å². The summed E-state index contributed by atoms with van der Waals surface area (Å²) < 4.78 is 4.98. The molecule has 0 aromatic heterocycles. The molecule has 0 saturated carbocycles. The fourth-order valence-electron chi connectivity index (χ4n) is 2.82. The number of carbonyl (C=O) groups is 1. The highest BCUT2D eigenvalue weighted by molar-refractivity contribution is 5.74. The van der Waals surface area contributed by atoms with Gasteiger partial charge in [0.25, 0.3) is 0 Å². The normalized spacial score (nSPS) is 29.9. The molecule has 0 aromatic rings. The van der Waals surface area contributed by atoms with Gasteiger partial charge in [-0.05, 0) is 31.7 Å². The number of methoxy groups -OCH3 is 1. The Morgan fingerprint density at radius 1 is 1.41 bits per heavy atom. The first kappa shape index (κ1) is 12.4. The zero-order chi connectivity index (χ0) is 12.1. The van der Waals surface area contributed by atoms with Gasteiger partial charge in [0, 0.05) is 6.04 Å². The van der Waals surface area contributed by atoms with E-state index in [2.05, 4.69) is 17.5 Å². The Balaban J connectivity index is 2.09. The lowest BCUT2D eigenvalue weighted by atomic mass is 9.79. The van der Waals surface area contributed by atoms with Crippen LogP contribution in [0.5, 0.6) is 0 Å². The Labute approximate surface area is 103 Å². The second kappa shape index (κ2) is 6.01. The lowest BCUT2D eigenvalue weighted by Crippen LogP contribution is -2.46. The zero-order valence-electron chi connectivity index (χ0n) is 10.4. The predicted molar refractivity (Wildman–Crippen MR) is 67.5 cm³/mol. The topological polar surface area (TPSA) is 38.3 Å². The Morgan fingerprint density at radius 2 is 2.29 bits per heavy atom. The highest BCUT2D eigenvalue weighted by Crippen LogP contribution is 2.29. The minimum Gasteiger partial charge on any atom is -0.469 e. The summed E-state index contributed by atoms with van der Waals surface area (Å²) in [6.45, 7) is 1.02. The average molecular weight is 235 g/mol. The molecule has 3 nitrogen and oxygen atoms in total. The molecule has 0 spiro atoms. The van der Waals surface area contributed by atoms with Crippen LogP contribution in [0.4, 0.5) is 0 Å². The third-order valence-electron chi connectivity index (χ3n) is 3.73. The predicted octanol–water partition coefficient (Wildman–Crippen LogP) is 2.05. The summed E-state index contributed by atoms with van der Waals surface area (Å²) in [6, 6.07) is 0.275. The first-order valence-corrected chi connectivity index (χ1v) is 6.47. The van der Waals surface area contributed by atoms with Gasteiger partial charge in [-0.2, -0.15) is 0 Å². The van der Waals surface area contributed by atoms with Crippen LogP contribution < -0.4 is 5.32 Å². The van der Waals surface area contributed by atoms with Crippen LogP contribution in [0.25, 0.3) is 0 Å². The summed E-state index contributed by atoms with van der Waals surface area (Å²) in [4.78, 5) is 12.0. The number of carbonyl (C=O) groups excluding carboxylic acids is 1. The summed E-state index contributed by atoms with van der Waals surface area (Å²) in [5.41, 5.74) is 0. The molecule has 3 heteroatoms. The van der Waals surface area contributed by atoms with Gasteiger partial charge in [-0.25, -0.2) is 0 Å². The number of esters is 1. The molecule has 1 N–H and O–H groups in total. The van der Waals surface area contributed by atoms with E-state index >= 15 is 0 Å². The van der Waals surface area contributed by atoms with Gasteiger partial charge in [0.2, 0.25) is 0 Å². The molecule has 2 unspecified atom stereocenters. The van der Waals surface area contributed by atoms with E-state index in [-0.39, 0.29) is 23.8 Å². The molecule has 2 rings (SSSR count). The Morgan fingerprint density at radius 3 is 2.88 bits per heavy atom. The van der Waals surface area contributed by atoms with Crippen LogP contribution in [0.1, 0.15) is 25.7 Å². The van der Waals surface area contributed by atoms with Gasteiger partial charge in [-0.1, -0.05) is 30.7 Å². The molecule has 17 heavy (non-hydrogen) atoms. The summed E-state index contributed by atoms with van der Waals surface area (Å²) in [6.07, 6.45) is 12.8. The molecule has 94 valence electrons. The van der Waals surface area contributed by atoms with E-state index in [1.807, 2.05) is 12.2 Å². The van der Waals surface area contributed by atoms with Crippen LogP contribution in [0.3, 0.4) is 0 Å². The van der Waals surface area contributed by atoms with Crippen LogP contribution in [-0.2, 0) is 9.53 Å². The molecule has 2 aliphatic rings. The van der Waals surface area contributed by atoms with Crippen molar-refractivity contribution in [2.24, 2.45) is 11.8 Å². The van der Waals surface area contributed by atoms with Crippen molar-refractivity contribution in [2.75, 3.05) is 13.7 Å². The highest BCUT2D eigenvalue weighted by Gasteiger charge is 2.35. The van der Waals surface area contributed by atoms with Crippen molar-refractivity contribution < 1.29 is 9.53 Å². The van der Waals surface area contributed by atoms with Gasteiger partial charge in [0.15, 0.2) is 0 Å². The van der Waals surface area contributed by atoms with Crippen molar-refractivity contribution in [1.29, 1.82) is 0 Å². The lowest BCUT2D eigenvalue weighted by molar-refractivity contribution is -0.148. The smallest absolute Gasteiger partial charge is 0.310 e. The maximum atomic E-state index is 12.0. The molecular weight excluding hydrogens is 214 g/mol. The second-order valence-electron chi connectivity index (χ2n) is 4.82. The number of hydrogen-bond acceptors (Lipinski definition) is 3. The van der Waals surface area contributed by atoms with Crippen LogP contribution in [-0.4, -0.2) is 25.7 Å². The van der Waals surface area contributed by atoms with Gasteiger partial charge >= 0.3 is 5.97 Å². The minimum atomic E-state index is -0.0747. The summed E-state index contributed by atoms with van der Waals surface area (Å²) in [5.74, 6) is 0.166. The summed E-state index contributed by atoms with van der Waals surface area (Å²) in [5, 5.41) is 3.47. The summed E-state index contributed by atoms with van der Waals surface area (Å²) in [7, 11) is 1.49. The van der Waals surface area contributed by atoms with Crippen molar-refractivity contribution in [3.63, 3.8) is 0 Å². The molecule has 1 saturated heterocycles. The molecule has 0 bridgehead atoms. The molecule has 3 atom stereocenters. The maximum absolute atomic E-state index is 12.0. The first-order chi connectivity index (χ1) is 8.33. The molecule has 0 radical (unpaired) electrons. The Bertz CT molecular complexity index is 316. The Hall–Kier alpha value is -1.09. The largest absolute Gasteiger partial charge is 0.469 e. The zero-order valence-corrected chi connectivity index (χ0v) is 10.4. The fourth-order valence-corrected chi connectivity index (χ4v) is 2.82. The van der Waals surface area contributed by atoms with Crippen LogP contribution >= 0.6 is 0 Å². The maximum Gasteiger partial charge on any atom is 0.310 e. The molecule has 1 aliphatic carbocycles. The third kappa shape index (κ3) is 2.97. The van der Waals surface area contributed by atoms with E-state index in [9.17, 15) is 4.79 Å². The Kier molecular flexibility index (Phi) is 4.37. The SMILES string of the molecule is COC(=O)[C@@H](C1C=CC=CC1)C1CCCCN1. The monoisotopic (exact) mass is 235 g/mol. The number of allylic oxidation sites excluding steroid dienone is 4.